The van der Waals surface area contributed by atoms with E-state index in [-0.39, 0.29) is 29.9 Å². The van der Waals surface area contributed by atoms with E-state index in [1.165, 1.54) is 6.92 Å². The van der Waals surface area contributed by atoms with Crippen LogP contribution in [0.25, 0.3) is 0 Å². The molecule has 29 heavy (non-hydrogen) atoms. The Hall–Kier alpha value is -2.04. The third-order valence-electron chi connectivity index (χ3n) is 6.03. The van der Waals surface area contributed by atoms with Crippen molar-refractivity contribution < 1.29 is 9.59 Å². The fraction of sp³-hybridized carbons (Fsp3) is 0.391. The largest absolute Gasteiger partial charge is 0.352 e. The molecule has 2 amide bonds. The van der Waals surface area contributed by atoms with Crippen molar-refractivity contribution >= 4 is 35.0 Å². The van der Waals surface area contributed by atoms with Crippen LogP contribution in [0.15, 0.2) is 42.5 Å². The van der Waals surface area contributed by atoms with Gasteiger partial charge in [0.25, 0.3) is 5.91 Å². The number of hydrogen-bond acceptors (Lipinski definition) is 2. The summed E-state index contributed by atoms with van der Waals surface area (Å²) in [6, 6.07) is 12.9. The van der Waals surface area contributed by atoms with Crippen LogP contribution in [0.3, 0.4) is 0 Å². The average molecular weight is 431 g/mol. The molecule has 0 radical (unpaired) electrons. The van der Waals surface area contributed by atoms with Crippen LogP contribution in [0.5, 0.6) is 0 Å². The van der Waals surface area contributed by atoms with Gasteiger partial charge in [0.2, 0.25) is 5.91 Å². The van der Waals surface area contributed by atoms with Crippen molar-refractivity contribution in [3.8, 4) is 0 Å². The number of nitrogens with one attached hydrogen (secondary N) is 1. The first-order valence-corrected chi connectivity index (χ1v) is 10.8. The zero-order chi connectivity index (χ0) is 20.5. The minimum atomic E-state index is -0.193. The van der Waals surface area contributed by atoms with E-state index in [0.29, 0.717) is 16.5 Å². The highest BCUT2D eigenvalue weighted by Gasteiger charge is 2.42. The number of rotatable bonds is 3. The van der Waals surface area contributed by atoms with Crippen LogP contribution in [0.4, 0.5) is 0 Å². The highest BCUT2D eigenvalue weighted by atomic mass is 35.5. The topological polar surface area (TPSA) is 49.4 Å². The first-order valence-electron chi connectivity index (χ1n) is 10.1. The molecule has 1 saturated carbocycles. The number of fused-ring (bicyclic) bond motifs is 1. The maximum Gasteiger partial charge on any atom is 0.254 e. The molecule has 1 N–H and O–H groups in total. The summed E-state index contributed by atoms with van der Waals surface area (Å²) in [7, 11) is 0. The predicted molar refractivity (Wildman–Crippen MR) is 115 cm³/mol. The molecular weight excluding hydrogens is 407 g/mol. The molecule has 4 nitrogen and oxygen atoms in total. The average Bonchev–Trinajstić information content (AvgIpc) is 2.68. The molecule has 1 heterocycles. The van der Waals surface area contributed by atoms with E-state index in [2.05, 4.69) is 5.32 Å². The lowest BCUT2D eigenvalue weighted by atomic mass is 9.82. The minimum Gasteiger partial charge on any atom is -0.352 e. The molecule has 2 aliphatic rings. The highest BCUT2D eigenvalue weighted by Crippen LogP contribution is 2.41. The second-order valence-electron chi connectivity index (χ2n) is 7.91. The molecule has 1 aliphatic carbocycles. The maximum atomic E-state index is 13.7. The van der Waals surface area contributed by atoms with Crippen molar-refractivity contribution in [1.82, 2.24) is 10.2 Å². The summed E-state index contributed by atoms with van der Waals surface area (Å²) in [5, 5.41) is 4.22. The van der Waals surface area contributed by atoms with Gasteiger partial charge in [-0.25, -0.2) is 0 Å². The van der Waals surface area contributed by atoms with E-state index < -0.39 is 0 Å². The first kappa shape index (κ1) is 20.2. The third kappa shape index (κ3) is 4.01. The van der Waals surface area contributed by atoms with Gasteiger partial charge in [0.15, 0.2) is 0 Å². The lowest BCUT2D eigenvalue weighted by Crippen LogP contribution is -2.57. The number of nitrogens with zero attached hydrogens (tertiary/aromatic N) is 1. The Morgan fingerprint density at radius 2 is 1.86 bits per heavy atom. The Balaban J connectivity index is 1.80. The van der Waals surface area contributed by atoms with Gasteiger partial charge >= 0.3 is 0 Å². The molecule has 152 valence electrons. The third-order valence-corrected chi connectivity index (χ3v) is 6.59. The van der Waals surface area contributed by atoms with Gasteiger partial charge in [-0.2, -0.15) is 0 Å². The van der Waals surface area contributed by atoms with Gasteiger partial charge < -0.3 is 10.2 Å². The summed E-state index contributed by atoms with van der Waals surface area (Å²) in [6.45, 7) is 1.53. The Morgan fingerprint density at radius 1 is 1.10 bits per heavy atom. The van der Waals surface area contributed by atoms with Crippen LogP contribution in [-0.2, 0) is 11.2 Å². The minimum absolute atomic E-state index is 0.00474. The van der Waals surface area contributed by atoms with Gasteiger partial charge in [-0.1, -0.05) is 60.3 Å². The zero-order valence-electron chi connectivity index (χ0n) is 16.3. The van der Waals surface area contributed by atoms with E-state index in [1.54, 1.807) is 6.07 Å². The van der Waals surface area contributed by atoms with Gasteiger partial charge in [0, 0.05) is 28.6 Å². The molecule has 4 rings (SSSR count). The molecule has 2 aromatic rings. The summed E-state index contributed by atoms with van der Waals surface area (Å²) in [6.07, 6.45) is 4.50. The van der Waals surface area contributed by atoms with Crippen LogP contribution in [0.1, 0.15) is 60.1 Å². The Bertz CT molecular complexity index is 946. The SMILES string of the molecule is CC(=O)N[C@H]1CCCC[C@@H]1N1C(=O)c2ccccc2C[C@@H]1c1ccc(Cl)cc1Cl. The van der Waals surface area contributed by atoms with Crippen molar-refractivity contribution in [2.75, 3.05) is 0 Å². The van der Waals surface area contributed by atoms with Gasteiger partial charge in [0.1, 0.15) is 0 Å². The van der Waals surface area contributed by atoms with Crippen LogP contribution in [0, 0.1) is 0 Å². The number of hydrogen-bond donors (Lipinski definition) is 1. The number of amides is 2. The van der Waals surface area contributed by atoms with Gasteiger partial charge in [-0.15, -0.1) is 0 Å². The summed E-state index contributed by atoms with van der Waals surface area (Å²) in [4.78, 5) is 27.4. The normalized spacial score (nSPS) is 24.2. The lowest BCUT2D eigenvalue weighted by molar-refractivity contribution is -0.120. The molecule has 0 bridgehead atoms. The number of halogens is 2. The lowest BCUT2D eigenvalue weighted by Gasteiger charge is -2.47. The standard InChI is InChI=1S/C23H24Cl2N2O2/c1-14(28)26-20-8-4-5-9-21(20)27-22(18-11-10-16(24)13-19(18)25)12-15-6-2-3-7-17(15)23(27)29/h2-3,6-7,10-11,13,20-22H,4-5,8-9,12H2,1H3,(H,26,28)/t20-,21-,22+/m0/s1. The van der Waals surface area contributed by atoms with Crippen LogP contribution in [-0.4, -0.2) is 28.8 Å². The monoisotopic (exact) mass is 430 g/mol. The van der Waals surface area contributed by atoms with E-state index in [4.69, 9.17) is 23.2 Å². The Kier molecular flexibility index (Phi) is 5.84. The fourth-order valence-corrected chi connectivity index (χ4v) is 5.32. The molecule has 6 heteroatoms. The molecule has 3 atom stereocenters. The van der Waals surface area contributed by atoms with Crippen molar-refractivity contribution in [3.63, 3.8) is 0 Å². The van der Waals surface area contributed by atoms with Crippen molar-refractivity contribution in [2.45, 2.75) is 57.2 Å². The number of carbonyl (C=O) groups is 2. The highest BCUT2D eigenvalue weighted by molar-refractivity contribution is 6.35. The second kappa shape index (κ2) is 8.37. The van der Waals surface area contributed by atoms with E-state index in [0.717, 1.165) is 42.4 Å². The molecule has 2 aromatic carbocycles. The fourth-order valence-electron chi connectivity index (χ4n) is 4.78. The molecule has 1 aliphatic heterocycles. The van der Waals surface area contributed by atoms with Crippen molar-refractivity contribution in [1.29, 1.82) is 0 Å². The summed E-state index contributed by atoms with van der Waals surface area (Å²) in [5.74, 6) is -0.0575. The molecule has 0 aromatic heterocycles. The molecule has 0 spiro atoms. The maximum absolute atomic E-state index is 13.7. The summed E-state index contributed by atoms with van der Waals surface area (Å²) in [5.41, 5.74) is 2.66. The Morgan fingerprint density at radius 3 is 2.62 bits per heavy atom. The van der Waals surface area contributed by atoms with E-state index >= 15 is 0 Å². The number of carbonyl (C=O) groups excluding carboxylic acids is 2. The zero-order valence-corrected chi connectivity index (χ0v) is 17.8. The van der Waals surface area contributed by atoms with Crippen molar-refractivity contribution in [3.05, 3.63) is 69.2 Å². The van der Waals surface area contributed by atoms with E-state index in [9.17, 15) is 9.59 Å². The van der Waals surface area contributed by atoms with Gasteiger partial charge in [0.05, 0.1) is 12.1 Å². The summed E-state index contributed by atoms with van der Waals surface area (Å²) < 4.78 is 0. The first-order chi connectivity index (χ1) is 14.0. The number of benzene rings is 2. The van der Waals surface area contributed by atoms with Crippen LogP contribution in [0.2, 0.25) is 10.0 Å². The van der Waals surface area contributed by atoms with Crippen LogP contribution >= 0.6 is 23.2 Å². The van der Waals surface area contributed by atoms with Gasteiger partial charge in [-0.05, 0) is 48.6 Å². The molecule has 0 unspecified atom stereocenters. The van der Waals surface area contributed by atoms with E-state index in [1.807, 2.05) is 41.3 Å². The summed E-state index contributed by atoms with van der Waals surface area (Å²) >= 11 is 12.7. The second-order valence-corrected chi connectivity index (χ2v) is 8.76. The predicted octanol–water partition coefficient (Wildman–Crippen LogP) is 5.18. The quantitative estimate of drug-likeness (QED) is 0.728. The Labute approximate surface area is 181 Å². The molecule has 1 fully saturated rings. The van der Waals surface area contributed by atoms with Crippen LogP contribution < -0.4 is 5.32 Å². The van der Waals surface area contributed by atoms with Gasteiger partial charge in [-0.3, -0.25) is 9.59 Å². The smallest absolute Gasteiger partial charge is 0.254 e. The molecular formula is C23H24Cl2N2O2. The molecule has 0 saturated heterocycles. The van der Waals surface area contributed by atoms with Crippen molar-refractivity contribution in [2.24, 2.45) is 0 Å².